The van der Waals surface area contributed by atoms with E-state index < -0.39 is 22.0 Å². The van der Waals surface area contributed by atoms with E-state index in [1.54, 1.807) is 13.0 Å². The molecule has 0 saturated heterocycles. The van der Waals surface area contributed by atoms with E-state index in [4.69, 9.17) is 14.0 Å². The van der Waals surface area contributed by atoms with Crippen LogP contribution in [0.1, 0.15) is 26.0 Å². The number of rotatable bonds is 7. The second-order valence-electron chi connectivity index (χ2n) is 6.63. The van der Waals surface area contributed by atoms with Crippen molar-refractivity contribution in [3.05, 3.63) is 30.0 Å². The lowest BCUT2D eigenvalue weighted by Gasteiger charge is -2.19. The van der Waals surface area contributed by atoms with Gasteiger partial charge in [-0.15, -0.1) is 0 Å². The first-order valence-electron chi connectivity index (χ1n) is 8.41. The van der Waals surface area contributed by atoms with Gasteiger partial charge in [0.05, 0.1) is 4.90 Å². The number of amides is 1. The van der Waals surface area contributed by atoms with Crippen LogP contribution in [-0.2, 0) is 14.8 Å². The summed E-state index contributed by atoms with van der Waals surface area (Å²) in [6.45, 7) is 5.53. The minimum absolute atomic E-state index is 0.00872. The first-order chi connectivity index (χ1) is 12.7. The number of nitrogens with one attached hydrogen (secondary N) is 2. The molecule has 1 atom stereocenters. The molecule has 27 heavy (non-hydrogen) atoms. The normalized spacial score (nSPS) is 14.4. The Balaban J connectivity index is 1.79. The molecule has 2 heterocycles. The van der Waals surface area contributed by atoms with Crippen LogP contribution < -0.4 is 19.5 Å². The second-order valence-corrected chi connectivity index (χ2v) is 8.34. The number of carbonyl (C=O) groups is 1. The number of hydrogen-bond acceptors (Lipinski definition) is 7. The van der Waals surface area contributed by atoms with Gasteiger partial charge in [-0.05, 0) is 31.4 Å². The topological polar surface area (TPSA) is 120 Å². The molecule has 1 aromatic carbocycles. The highest BCUT2D eigenvalue weighted by Gasteiger charge is 2.28. The van der Waals surface area contributed by atoms with Gasteiger partial charge in [0.25, 0.3) is 0 Å². The first-order valence-corrected chi connectivity index (χ1v) is 9.89. The Morgan fingerprint density at radius 2 is 1.96 bits per heavy atom. The Morgan fingerprint density at radius 1 is 1.22 bits per heavy atom. The van der Waals surface area contributed by atoms with E-state index in [-0.39, 0.29) is 23.4 Å². The van der Waals surface area contributed by atoms with Gasteiger partial charge in [-0.2, -0.15) is 4.72 Å². The molecule has 0 saturated carbocycles. The summed E-state index contributed by atoms with van der Waals surface area (Å²) in [5.41, 5.74) is 0. The number of carbonyl (C=O) groups excluding carboxylic acids is 1. The van der Waals surface area contributed by atoms with Gasteiger partial charge < -0.3 is 19.3 Å². The van der Waals surface area contributed by atoms with Gasteiger partial charge >= 0.3 is 0 Å². The molecule has 0 radical (unpaired) electrons. The fourth-order valence-corrected chi connectivity index (χ4v) is 3.84. The van der Waals surface area contributed by atoms with Crippen LogP contribution in [0, 0.1) is 12.8 Å². The first kappa shape index (κ1) is 19.2. The maximum absolute atomic E-state index is 12.8. The minimum Gasteiger partial charge on any atom is -0.454 e. The number of benzene rings is 1. The van der Waals surface area contributed by atoms with Crippen molar-refractivity contribution in [3.63, 3.8) is 0 Å². The average molecular weight is 395 g/mol. The lowest BCUT2D eigenvalue weighted by molar-refractivity contribution is -0.118. The number of anilines is 1. The maximum Gasteiger partial charge on any atom is 0.243 e. The lowest BCUT2D eigenvalue weighted by Crippen LogP contribution is -2.44. The fourth-order valence-electron chi connectivity index (χ4n) is 2.62. The molecule has 0 aliphatic carbocycles. The molecule has 9 nitrogen and oxygen atoms in total. The molecular weight excluding hydrogens is 374 g/mol. The molecule has 2 N–H and O–H groups in total. The molecule has 1 aromatic heterocycles. The van der Waals surface area contributed by atoms with Gasteiger partial charge in [0.2, 0.25) is 22.7 Å². The Morgan fingerprint density at radius 3 is 2.63 bits per heavy atom. The molecule has 0 spiro atoms. The summed E-state index contributed by atoms with van der Waals surface area (Å²) in [5, 5.41) is 6.27. The predicted molar refractivity (Wildman–Crippen MR) is 96.0 cm³/mol. The number of aromatic nitrogens is 1. The predicted octanol–water partition coefficient (Wildman–Crippen LogP) is 2.04. The van der Waals surface area contributed by atoms with Crippen molar-refractivity contribution in [2.45, 2.75) is 38.1 Å². The smallest absolute Gasteiger partial charge is 0.243 e. The van der Waals surface area contributed by atoms with Gasteiger partial charge in [0, 0.05) is 12.1 Å². The molecule has 1 aliphatic rings. The van der Waals surface area contributed by atoms with E-state index in [0.29, 0.717) is 23.7 Å². The quantitative estimate of drug-likeness (QED) is 0.736. The molecule has 0 unspecified atom stereocenters. The number of ether oxygens (including phenoxy) is 2. The number of aryl methyl sites for hydroxylation is 1. The zero-order valence-electron chi connectivity index (χ0n) is 15.2. The number of fused-ring (bicyclic) bond motifs is 1. The van der Waals surface area contributed by atoms with Crippen LogP contribution >= 0.6 is 0 Å². The summed E-state index contributed by atoms with van der Waals surface area (Å²) in [6, 6.07) is 4.87. The number of sulfonamides is 1. The van der Waals surface area contributed by atoms with Gasteiger partial charge in [0.1, 0.15) is 11.8 Å². The van der Waals surface area contributed by atoms with Crippen LogP contribution in [0.4, 0.5) is 5.82 Å². The minimum atomic E-state index is -3.95. The molecule has 0 bridgehead atoms. The summed E-state index contributed by atoms with van der Waals surface area (Å²) < 4.78 is 43.3. The van der Waals surface area contributed by atoms with Crippen LogP contribution in [-0.4, -0.2) is 32.3 Å². The van der Waals surface area contributed by atoms with Crippen LogP contribution in [0.3, 0.4) is 0 Å². The molecular formula is C17H21N3O6S. The van der Waals surface area contributed by atoms with E-state index in [1.807, 2.05) is 13.8 Å². The second kappa shape index (κ2) is 7.57. The van der Waals surface area contributed by atoms with Crippen molar-refractivity contribution >= 4 is 21.7 Å². The average Bonchev–Trinajstić information content (AvgIpc) is 3.21. The van der Waals surface area contributed by atoms with Crippen molar-refractivity contribution in [2.24, 2.45) is 5.92 Å². The third-order valence-electron chi connectivity index (χ3n) is 3.85. The van der Waals surface area contributed by atoms with Gasteiger partial charge in [-0.25, -0.2) is 8.42 Å². The van der Waals surface area contributed by atoms with Crippen molar-refractivity contribution in [3.8, 4) is 11.5 Å². The summed E-state index contributed by atoms with van der Waals surface area (Å²) in [5.74, 6) is 1.16. The fraction of sp³-hybridized carbons (Fsp3) is 0.412. The molecule has 3 rings (SSSR count). The molecule has 2 aromatic rings. The Bertz CT molecular complexity index is 938. The van der Waals surface area contributed by atoms with E-state index in [1.165, 1.54) is 18.2 Å². The van der Waals surface area contributed by atoms with Gasteiger partial charge in [-0.3, -0.25) is 4.79 Å². The monoisotopic (exact) mass is 395 g/mol. The van der Waals surface area contributed by atoms with Gasteiger partial charge in [-0.1, -0.05) is 19.0 Å². The van der Waals surface area contributed by atoms with E-state index >= 15 is 0 Å². The standard InChI is InChI=1S/C17H21N3O6S/c1-10(2)6-13(17(21)18-16-7-11(3)26-19-16)20-27(22,23)12-4-5-14-15(8-12)25-9-24-14/h4-5,7-8,10,13,20H,6,9H2,1-3H3,(H,18,19,21)/t13-/m0/s1. The van der Waals surface area contributed by atoms with Crippen LogP contribution in [0.2, 0.25) is 0 Å². The Hall–Kier alpha value is -2.59. The van der Waals surface area contributed by atoms with E-state index in [0.717, 1.165) is 0 Å². The van der Waals surface area contributed by atoms with Crippen LogP contribution in [0.15, 0.2) is 33.7 Å². The van der Waals surface area contributed by atoms with Crippen LogP contribution in [0.5, 0.6) is 11.5 Å². The highest BCUT2D eigenvalue weighted by Crippen LogP contribution is 2.33. The SMILES string of the molecule is Cc1cc(NC(=O)[C@H](CC(C)C)NS(=O)(=O)c2ccc3c(c2)OCO3)no1. The van der Waals surface area contributed by atoms with Crippen molar-refractivity contribution in [1.29, 1.82) is 0 Å². The highest BCUT2D eigenvalue weighted by molar-refractivity contribution is 7.89. The molecule has 1 amide bonds. The van der Waals surface area contributed by atoms with Gasteiger partial charge in [0.15, 0.2) is 17.3 Å². The molecule has 0 fully saturated rings. The number of hydrogen-bond donors (Lipinski definition) is 2. The van der Waals surface area contributed by atoms with Crippen molar-refractivity contribution in [2.75, 3.05) is 12.1 Å². The summed E-state index contributed by atoms with van der Waals surface area (Å²) in [4.78, 5) is 12.6. The van der Waals surface area contributed by atoms with Crippen LogP contribution in [0.25, 0.3) is 0 Å². The van der Waals surface area contributed by atoms with Crippen molar-refractivity contribution in [1.82, 2.24) is 9.88 Å². The zero-order valence-corrected chi connectivity index (χ0v) is 16.0. The Labute approximate surface area is 157 Å². The summed E-state index contributed by atoms with van der Waals surface area (Å²) in [6.07, 6.45) is 0.312. The summed E-state index contributed by atoms with van der Waals surface area (Å²) >= 11 is 0. The zero-order chi connectivity index (χ0) is 19.6. The van der Waals surface area contributed by atoms with Crippen molar-refractivity contribution < 1.29 is 27.2 Å². The largest absolute Gasteiger partial charge is 0.454 e. The highest BCUT2D eigenvalue weighted by atomic mass is 32.2. The Kier molecular flexibility index (Phi) is 5.38. The third-order valence-corrected chi connectivity index (χ3v) is 5.32. The molecule has 10 heteroatoms. The summed E-state index contributed by atoms with van der Waals surface area (Å²) in [7, 11) is -3.95. The lowest BCUT2D eigenvalue weighted by atomic mass is 10.0. The van der Waals surface area contributed by atoms with E-state index in [2.05, 4.69) is 15.2 Å². The maximum atomic E-state index is 12.8. The number of nitrogens with zero attached hydrogens (tertiary/aromatic N) is 1. The third kappa shape index (κ3) is 4.58. The molecule has 1 aliphatic heterocycles. The van der Waals surface area contributed by atoms with E-state index in [9.17, 15) is 13.2 Å². The molecule has 146 valence electrons.